The average Bonchev–Trinajstić information content (AvgIpc) is 2.34. The van der Waals surface area contributed by atoms with Crippen molar-refractivity contribution >= 4 is 17.7 Å². The van der Waals surface area contributed by atoms with E-state index in [-0.39, 0.29) is 12.5 Å². The maximum atomic E-state index is 11.3. The normalized spacial score (nSPS) is 17.8. The van der Waals surface area contributed by atoms with Crippen molar-refractivity contribution in [3.63, 3.8) is 0 Å². The van der Waals surface area contributed by atoms with Crippen LogP contribution in [-0.4, -0.2) is 71.6 Å². The lowest BCUT2D eigenvalue weighted by atomic mass is 10.3. The van der Waals surface area contributed by atoms with Crippen LogP contribution < -0.4 is 0 Å². The van der Waals surface area contributed by atoms with Crippen LogP contribution in [0.1, 0.15) is 13.8 Å². The van der Waals surface area contributed by atoms with Crippen molar-refractivity contribution in [1.29, 1.82) is 0 Å². The van der Waals surface area contributed by atoms with Crippen molar-refractivity contribution in [3.8, 4) is 0 Å². The number of carbonyl (C=O) groups excluding carboxylic acids is 1. The molecule has 100 valence electrons. The average molecular weight is 260 g/mol. The fourth-order valence-electron chi connectivity index (χ4n) is 1.83. The smallest absolute Gasteiger partial charge is 0.248 e. The Morgan fingerprint density at radius 2 is 1.94 bits per heavy atom. The molecule has 0 saturated carbocycles. The van der Waals surface area contributed by atoms with Gasteiger partial charge in [-0.1, -0.05) is 13.8 Å². The molecule has 1 aliphatic heterocycles. The predicted molar refractivity (Wildman–Crippen MR) is 72.3 cm³/mol. The summed E-state index contributed by atoms with van der Waals surface area (Å²) in [5, 5.41) is 8.77. The molecular weight excluding hydrogens is 236 g/mol. The zero-order chi connectivity index (χ0) is 12.7. The number of aliphatic hydroxyl groups is 1. The van der Waals surface area contributed by atoms with Gasteiger partial charge in [-0.05, 0) is 11.7 Å². The van der Waals surface area contributed by atoms with E-state index >= 15 is 0 Å². The maximum absolute atomic E-state index is 11.3. The summed E-state index contributed by atoms with van der Waals surface area (Å²) < 4.78 is 0. The van der Waals surface area contributed by atoms with Crippen LogP contribution in [0.5, 0.6) is 0 Å². The number of rotatable bonds is 6. The van der Waals surface area contributed by atoms with Crippen molar-refractivity contribution in [1.82, 2.24) is 9.80 Å². The van der Waals surface area contributed by atoms with Crippen molar-refractivity contribution in [2.24, 2.45) is 5.92 Å². The molecule has 0 spiro atoms. The topological polar surface area (TPSA) is 43.8 Å². The van der Waals surface area contributed by atoms with Gasteiger partial charge in [-0.3, -0.25) is 9.69 Å². The second kappa shape index (κ2) is 7.95. The summed E-state index contributed by atoms with van der Waals surface area (Å²) in [7, 11) is 0. The zero-order valence-electron chi connectivity index (χ0n) is 10.9. The molecule has 0 aromatic heterocycles. The van der Waals surface area contributed by atoms with Crippen LogP contribution in [0.4, 0.5) is 0 Å². The van der Waals surface area contributed by atoms with E-state index in [9.17, 15) is 4.79 Å². The van der Waals surface area contributed by atoms with Gasteiger partial charge in [0.1, 0.15) is 6.61 Å². The van der Waals surface area contributed by atoms with Crippen LogP contribution in [0.3, 0.4) is 0 Å². The molecular formula is C12H24N2O2S. The first kappa shape index (κ1) is 14.8. The Balaban J connectivity index is 2.09. The highest BCUT2D eigenvalue weighted by molar-refractivity contribution is 7.99. The van der Waals surface area contributed by atoms with E-state index in [1.807, 2.05) is 11.8 Å². The highest BCUT2D eigenvalue weighted by atomic mass is 32.2. The number of piperazine rings is 1. The molecule has 1 heterocycles. The summed E-state index contributed by atoms with van der Waals surface area (Å²) in [6.45, 7) is 8.63. The Hall–Kier alpha value is -0.260. The van der Waals surface area contributed by atoms with Gasteiger partial charge in [0, 0.05) is 38.5 Å². The number of nitrogens with zero attached hydrogens (tertiary/aromatic N) is 2. The highest BCUT2D eigenvalue weighted by Gasteiger charge is 2.19. The van der Waals surface area contributed by atoms with Crippen LogP contribution in [0.2, 0.25) is 0 Å². The van der Waals surface area contributed by atoms with Crippen LogP contribution in [-0.2, 0) is 4.79 Å². The van der Waals surface area contributed by atoms with Gasteiger partial charge in [0.25, 0.3) is 0 Å². The van der Waals surface area contributed by atoms with Gasteiger partial charge in [0.2, 0.25) is 5.91 Å². The molecule has 0 bridgehead atoms. The minimum Gasteiger partial charge on any atom is -0.387 e. The van der Waals surface area contributed by atoms with Crippen LogP contribution in [0, 0.1) is 5.92 Å². The van der Waals surface area contributed by atoms with Gasteiger partial charge in [-0.25, -0.2) is 0 Å². The van der Waals surface area contributed by atoms with E-state index in [2.05, 4.69) is 18.7 Å². The lowest BCUT2D eigenvalue weighted by molar-refractivity contribution is -0.135. The van der Waals surface area contributed by atoms with Gasteiger partial charge >= 0.3 is 0 Å². The van der Waals surface area contributed by atoms with E-state index in [1.54, 1.807) is 4.90 Å². The molecule has 0 unspecified atom stereocenters. The quantitative estimate of drug-likeness (QED) is 0.707. The molecule has 0 atom stereocenters. The molecule has 17 heavy (non-hydrogen) atoms. The van der Waals surface area contributed by atoms with Crippen LogP contribution in [0.15, 0.2) is 0 Å². The molecule has 5 heteroatoms. The number of amides is 1. The Morgan fingerprint density at radius 1 is 1.29 bits per heavy atom. The van der Waals surface area contributed by atoms with Crippen molar-refractivity contribution < 1.29 is 9.90 Å². The number of aliphatic hydroxyl groups excluding tert-OH is 1. The van der Waals surface area contributed by atoms with Gasteiger partial charge < -0.3 is 10.0 Å². The number of hydrogen-bond acceptors (Lipinski definition) is 4. The monoisotopic (exact) mass is 260 g/mol. The first-order chi connectivity index (χ1) is 8.13. The second-order valence-corrected chi connectivity index (χ2v) is 6.00. The summed E-state index contributed by atoms with van der Waals surface area (Å²) in [4.78, 5) is 15.4. The molecule has 1 saturated heterocycles. The summed E-state index contributed by atoms with van der Waals surface area (Å²) in [6, 6.07) is 0. The molecule has 0 radical (unpaired) electrons. The Bertz CT molecular complexity index is 229. The summed E-state index contributed by atoms with van der Waals surface area (Å²) >= 11 is 2.00. The summed E-state index contributed by atoms with van der Waals surface area (Å²) in [6.07, 6.45) is 0. The second-order valence-electron chi connectivity index (χ2n) is 4.85. The standard InChI is InChI=1S/C12H24N2O2S/c1-11(2)10-17-8-7-13-3-5-14(6-4-13)12(16)9-15/h11,15H,3-10H2,1-2H3. The van der Waals surface area contributed by atoms with Crippen LogP contribution >= 0.6 is 11.8 Å². The lowest BCUT2D eigenvalue weighted by Gasteiger charge is -2.34. The number of carbonyl (C=O) groups is 1. The molecule has 0 aliphatic carbocycles. The zero-order valence-corrected chi connectivity index (χ0v) is 11.7. The molecule has 1 rings (SSSR count). The Kier molecular flexibility index (Phi) is 6.92. The number of hydrogen-bond donors (Lipinski definition) is 1. The third kappa shape index (κ3) is 5.75. The lowest BCUT2D eigenvalue weighted by Crippen LogP contribution is -2.49. The molecule has 1 N–H and O–H groups in total. The molecule has 4 nitrogen and oxygen atoms in total. The summed E-state index contributed by atoms with van der Waals surface area (Å²) in [5.74, 6) is 3.02. The minimum atomic E-state index is -0.357. The van der Waals surface area contributed by atoms with Gasteiger partial charge in [0.05, 0.1) is 0 Å². The fourth-order valence-corrected chi connectivity index (χ4v) is 2.86. The Labute approximate surface area is 108 Å². The fraction of sp³-hybridized carbons (Fsp3) is 0.917. The first-order valence-electron chi connectivity index (χ1n) is 6.32. The third-order valence-corrected chi connectivity index (χ3v) is 4.24. The van der Waals surface area contributed by atoms with Crippen LogP contribution in [0.25, 0.3) is 0 Å². The Morgan fingerprint density at radius 3 is 2.47 bits per heavy atom. The van der Waals surface area contributed by atoms with Crippen molar-refractivity contribution in [2.75, 3.05) is 50.8 Å². The third-order valence-electron chi connectivity index (χ3n) is 2.86. The van der Waals surface area contributed by atoms with E-state index in [0.717, 1.165) is 38.6 Å². The van der Waals surface area contributed by atoms with E-state index < -0.39 is 0 Å². The SMILES string of the molecule is CC(C)CSCCN1CCN(C(=O)CO)CC1. The van der Waals surface area contributed by atoms with E-state index in [4.69, 9.17) is 5.11 Å². The molecule has 1 aliphatic rings. The van der Waals surface area contributed by atoms with Gasteiger partial charge in [0.15, 0.2) is 0 Å². The van der Waals surface area contributed by atoms with Gasteiger partial charge in [-0.2, -0.15) is 11.8 Å². The van der Waals surface area contributed by atoms with Crippen molar-refractivity contribution in [2.45, 2.75) is 13.8 Å². The van der Waals surface area contributed by atoms with E-state index in [1.165, 1.54) is 11.5 Å². The molecule has 0 aromatic rings. The minimum absolute atomic E-state index is 0.140. The number of thioether (sulfide) groups is 1. The van der Waals surface area contributed by atoms with Gasteiger partial charge in [-0.15, -0.1) is 0 Å². The largest absolute Gasteiger partial charge is 0.387 e. The summed E-state index contributed by atoms with van der Waals surface area (Å²) in [5.41, 5.74) is 0. The molecule has 1 amide bonds. The highest BCUT2D eigenvalue weighted by Crippen LogP contribution is 2.09. The first-order valence-corrected chi connectivity index (χ1v) is 7.47. The molecule has 1 fully saturated rings. The molecule has 0 aromatic carbocycles. The van der Waals surface area contributed by atoms with E-state index in [0.29, 0.717) is 0 Å². The maximum Gasteiger partial charge on any atom is 0.248 e. The predicted octanol–water partition coefficient (Wildman–Crippen LogP) is 0.512. The van der Waals surface area contributed by atoms with Crippen molar-refractivity contribution in [3.05, 3.63) is 0 Å².